The Kier molecular flexibility index (Phi) is 8.88. The number of anilines is 1. The van der Waals surface area contributed by atoms with Gasteiger partial charge in [-0.15, -0.1) is 0 Å². The number of rotatable bonds is 8. The van der Waals surface area contributed by atoms with Gasteiger partial charge in [-0.05, 0) is 50.4 Å². The molecule has 0 aliphatic carbocycles. The molecule has 1 aromatic carbocycles. The molecular weight excluding hydrogens is 440 g/mol. The number of carbonyl (C=O) groups is 2. The van der Waals surface area contributed by atoms with Crippen molar-refractivity contribution >= 4 is 39.1 Å². The monoisotopic (exact) mass is 472 g/mol. The van der Waals surface area contributed by atoms with Crippen molar-refractivity contribution in [2.24, 2.45) is 11.8 Å². The molecule has 2 unspecified atom stereocenters. The van der Waals surface area contributed by atoms with Crippen LogP contribution in [0.1, 0.15) is 33.6 Å². The number of nitrogens with zero attached hydrogens (tertiary/aromatic N) is 2. The summed E-state index contributed by atoms with van der Waals surface area (Å²) >= 11 is 6.08. The Balaban J connectivity index is 2.03. The molecule has 31 heavy (non-hydrogen) atoms. The molecule has 2 rings (SSSR count). The molecule has 1 fully saturated rings. The van der Waals surface area contributed by atoms with Crippen molar-refractivity contribution in [3.63, 3.8) is 0 Å². The molecule has 1 aromatic rings. The van der Waals surface area contributed by atoms with E-state index in [1.54, 1.807) is 6.07 Å². The van der Waals surface area contributed by atoms with Crippen LogP contribution in [-0.4, -0.2) is 69.2 Å². The van der Waals surface area contributed by atoms with Crippen LogP contribution in [0.3, 0.4) is 0 Å². The van der Waals surface area contributed by atoms with Gasteiger partial charge in [0.2, 0.25) is 21.8 Å². The summed E-state index contributed by atoms with van der Waals surface area (Å²) in [5.74, 6) is 0.0561. The van der Waals surface area contributed by atoms with E-state index in [0.29, 0.717) is 24.7 Å². The molecule has 0 bridgehead atoms. The van der Waals surface area contributed by atoms with Crippen LogP contribution in [0.2, 0.25) is 5.02 Å². The fourth-order valence-corrected chi connectivity index (χ4v) is 4.85. The third-order valence-corrected chi connectivity index (χ3v) is 7.82. The minimum atomic E-state index is -3.73. The lowest BCUT2D eigenvalue weighted by Crippen LogP contribution is -2.49. The largest absolute Gasteiger partial charge is 0.356 e. The second kappa shape index (κ2) is 10.8. The van der Waals surface area contributed by atoms with Crippen LogP contribution >= 0.6 is 11.6 Å². The molecule has 2 atom stereocenters. The second-order valence-corrected chi connectivity index (χ2v) is 11.0. The molecule has 10 heteroatoms. The summed E-state index contributed by atoms with van der Waals surface area (Å²) in [6, 6.07) is 4.03. The normalized spacial score (nSPS) is 18.8. The maximum atomic E-state index is 12.8. The van der Waals surface area contributed by atoms with Gasteiger partial charge in [-0.3, -0.25) is 14.5 Å². The second-order valence-electron chi connectivity index (χ2n) is 8.50. The highest BCUT2D eigenvalue weighted by Crippen LogP contribution is 2.27. The number of hydrogen-bond acceptors (Lipinski definition) is 5. The van der Waals surface area contributed by atoms with E-state index in [0.717, 1.165) is 23.7 Å². The van der Waals surface area contributed by atoms with E-state index < -0.39 is 16.1 Å². The summed E-state index contributed by atoms with van der Waals surface area (Å²) < 4.78 is 26.0. The van der Waals surface area contributed by atoms with Crippen LogP contribution in [0.5, 0.6) is 0 Å². The molecular formula is C21H33ClN4O4S. The van der Waals surface area contributed by atoms with Crippen molar-refractivity contribution in [3.8, 4) is 0 Å². The molecule has 0 spiro atoms. The average Bonchev–Trinajstić information content (AvgIpc) is 2.72. The van der Waals surface area contributed by atoms with E-state index >= 15 is 0 Å². The van der Waals surface area contributed by atoms with Crippen LogP contribution in [0.15, 0.2) is 23.1 Å². The first kappa shape index (κ1) is 25.6. The lowest BCUT2D eigenvalue weighted by Gasteiger charge is -2.36. The highest BCUT2D eigenvalue weighted by atomic mass is 35.5. The van der Waals surface area contributed by atoms with E-state index in [4.69, 9.17) is 11.6 Å². The maximum absolute atomic E-state index is 12.8. The molecule has 1 aliphatic rings. The van der Waals surface area contributed by atoms with E-state index in [9.17, 15) is 18.0 Å². The summed E-state index contributed by atoms with van der Waals surface area (Å²) in [4.78, 5) is 26.7. The summed E-state index contributed by atoms with van der Waals surface area (Å²) in [5, 5.41) is 5.88. The number of nitrogens with one attached hydrogen (secondary N) is 2. The zero-order valence-corrected chi connectivity index (χ0v) is 20.4. The van der Waals surface area contributed by atoms with Gasteiger partial charge in [-0.2, -0.15) is 0 Å². The Bertz CT molecular complexity index is 905. The zero-order chi connectivity index (χ0) is 23.3. The third kappa shape index (κ3) is 6.65. The summed E-state index contributed by atoms with van der Waals surface area (Å²) in [7, 11) is -0.876. The van der Waals surface area contributed by atoms with Crippen molar-refractivity contribution in [1.29, 1.82) is 0 Å². The van der Waals surface area contributed by atoms with Crippen molar-refractivity contribution in [2.75, 3.05) is 39.0 Å². The fourth-order valence-electron chi connectivity index (χ4n) is 3.45. The number of piperidine rings is 1. The molecule has 8 nitrogen and oxygen atoms in total. The number of amides is 2. The van der Waals surface area contributed by atoms with Gasteiger partial charge in [0.1, 0.15) is 4.90 Å². The number of hydrogen-bond donors (Lipinski definition) is 2. The summed E-state index contributed by atoms with van der Waals surface area (Å²) in [6.07, 6.45) is 1.96. The average molecular weight is 473 g/mol. The van der Waals surface area contributed by atoms with Crippen molar-refractivity contribution < 1.29 is 18.0 Å². The quantitative estimate of drug-likeness (QED) is 0.605. The smallest absolute Gasteiger partial charge is 0.244 e. The first-order valence-corrected chi connectivity index (χ1v) is 12.3. The number of likely N-dealkylation sites (tertiary alicyclic amines) is 1. The van der Waals surface area contributed by atoms with E-state index in [2.05, 4.69) is 15.5 Å². The highest BCUT2D eigenvalue weighted by molar-refractivity contribution is 7.89. The lowest BCUT2D eigenvalue weighted by atomic mass is 9.96. The van der Waals surface area contributed by atoms with Gasteiger partial charge in [-0.25, -0.2) is 12.7 Å². The van der Waals surface area contributed by atoms with Crippen LogP contribution < -0.4 is 10.6 Å². The van der Waals surface area contributed by atoms with Crippen molar-refractivity contribution in [2.45, 2.75) is 44.6 Å². The van der Waals surface area contributed by atoms with Crippen LogP contribution in [0.4, 0.5) is 5.69 Å². The Morgan fingerprint density at radius 3 is 2.52 bits per heavy atom. The van der Waals surface area contributed by atoms with Gasteiger partial charge in [-0.1, -0.05) is 25.4 Å². The number of carbonyl (C=O) groups excluding carboxylic acids is 2. The molecule has 174 valence electrons. The Hall–Kier alpha value is -1.68. The molecule has 1 aliphatic heterocycles. The van der Waals surface area contributed by atoms with Crippen molar-refractivity contribution in [3.05, 3.63) is 23.2 Å². The molecule has 0 aromatic heterocycles. The number of halogens is 1. The predicted octanol–water partition coefficient (Wildman–Crippen LogP) is 2.40. The topological polar surface area (TPSA) is 98.8 Å². The van der Waals surface area contributed by atoms with Gasteiger partial charge in [0, 0.05) is 38.8 Å². The van der Waals surface area contributed by atoms with E-state index in [1.807, 2.05) is 20.8 Å². The highest BCUT2D eigenvalue weighted by Gasteiger charge is 2.28. The third-order valence-electron chi connectivity index (χ3n) is 5.52. The number of benzene rings is 1. The van der Waals surface area contributed by atoms with Gasteiger partial charge in [0.15, 0.2) is 0 Å². The van der Waals surface area contributed by atoms with Gasteiger partial charge in [0.25, 0.3) is 0 Å². The van der Waals surface area contributed by atoms with Gasteiger partial charge >= 0.3 is 0 Å². The molecule has 2 N–H and O–H groups in total. The molecule has 0 saturated carbocycles. The van der Waals surface area contributed by atoms with Crippen LogP contribution in [-0.2, 0) is 19.6 Å². The summed E-state index contributed by atoms with van der Waals surface area (Å²) in [6.45, 7) is 7.67. The van der Waals surface area contributed by atoms with Gasteiger partial charge in [0.05, 0.1) is 11.1 Å². The van der Waals surface area contributed by atoms with Gasteiger partial charge < -0.3 is 10.6 Å². The molecule has 2 amide bonds. The lowest BCUT2D eigenvalue weighted by molar-refractivity contribution is -0.125. The predicted molar refractivity (Wildman–Crippen MR) is 123 cm³/mol. The van der Waals surface area contributed by atoms with E-state index in [-0.39, 0.29) is 27.7 Å². The SMILES string of the molecule is CC(C)C(=O)NCC1CCCN(C(C)C(=O)Nc2ccc(Cl)c(S(=O)(=O)N(C)C)c2)C1. The Morgan fingerprint density at radius 1 is 1.23 bits per heavy atom. The van der Waals surface area contributed by atoms with Crippen LogP contribution in [0.25, 0.3) is 0 Å². The molecule has 1 heterocycles. The minimum absolute atomic E-state index is 0.0362. The summed E-state index contributed by atoms with van der Waals surface area (Å²) in [5.41, 5.74) is 0.374. The Labute approximate surface area is 190 Å². The van der Waals surface area contributed by atoms with Crippen molar-refractivity contribution in [1.82, 2.24) is 14.5 Å². The molecule has 1 saturated heterocycles. The first-order valence-electron chi connectivity index (χ1n) is 10.5. The standard InChI is InChI=1S/C21H33ClN4O4S/c1-14(2)20(27)23-12-16-7-6-10-26(13-16)15(3)21(28)24-17-8-9-18(22)19(11-17)31(29,30)25(4)5/h8-9,11,14-16H,6-7,10,12-13H2,1-5H3,(H,23,27)(H,24,28). The first-order chi connectivity index (χ1) is 14.4. The number of sulfonamides is 1. The van der Waals surface area contributed by atoms with Crippen LogP contribution in [0, 0.1) is 11.8 Å². The van der Waals surface area contributed by atoms with E-state index in [1.165, 1.54) is 26.2 Å². The zero-order valence-electron chi connectivity index (χ0n) is 18.8. The Morgan fingerprint density at radius 2 is 1.90 bits per heavy atom. The maximum Gasteiger partial charge on any atom is 0.244 e. The fraction of sp³-hybridized carbons (Fsp3) is 0.619. The minimum Gasteiger partial charge on any atom is -0.356 e. The molecule has 0 radical (unpaired) electrons.